The van der Waals surface area contributed by atoms with Crippen LogP contribution in [0.15, 0.2) is 36.4 Å². The lowest BCUT2D eigenvalue weighted by Crippen LogP contribution is -2.49. The molecule has 3 rings (SSSR count). The molecule has 1 saturated heterocycles. The predicted molar refractivity (Wildman–Crippen MR) is 127 cm³/mol. The second-order valence-corrected chi connectivity index (χ2v) is 9.31. The molecular formula is C25H31F3N2O2S. The molecule has 0 bridgehead atoms. The van der Waals surface area contributed by atoms with Crippen molar-refractivity contribution in [1.82, 2.24) is 9.80 Å². The van der Waals surface area contributed by atoms with Gasteiger partial charge in [-0.25, -0.2) is 0 Å². The van der Waals surface area contributed by atoms with E-state index in [1.165, 1.54) is 23.3 Å². The van der Waals surface area contributed by atoms with Gasteiger partial charge < -0.3 is 9.64 Å². The second-order valence-electron chi connectivity index (χ2n) is 8.32. The average Bonchev–Trinajstić information content (AvgIpc) is 2.81. The van der Waals surface area contributed by atoms with Crippen molar-refractivity contribution >= 4 is 17.7 Å². The third-order valence-electron chi connectivity index (χ3n) is 6.38. The number of alkyl halides is 3. The average molecular weight is 481 g/mol. The van der Waals surface area contributed by atoms with Crippen molar-refractivity contribution in [3.05, 3.63) is 64.2 Å². The van der Waals surface area contributed by atoms with Gasteiger partial charge in [0.15, 0.2) is 0 Å². The third kappa shape index (κ3) is 6.03. The van der Waals surface area contributed by atoms with E-state index in [0.717, 1.165) is 29.2 Å². The molecular weight excluding hydrogens is 449 g/mol. The molecule has 8 heteroatoms. The summed E-state index contributed by atoms with van der Waals surface area (Å²) in [6.45, 7) is 9.55. The Morgan fingerprint density at radius 1 is 1.03 bits per heavy atom. The van der Waals surface area contributed by atoms with E-state index in [1.807, 2.05) is 6.07 Å². The molecule has 1 unspecified atom stereocenters. The van der Waals surface area contributed by atoms with Gasteiger partial charge in [0.25, 0.3) is 5.91 Å². The maximum atomic E-state index is 12.8. The van der Waals surface area contributed by atoms with E-state index >= 15 is 0 Å². The molecule has 1 aliphatic rings. The van der Waals surface area contributed by atoms with Gasteiger partial charge >= 0.3 is 6.18 Å². The summed E-state index contributed by atoms with van der Waals surface area (Å²) in [5.74, 6) is 1.64. The summed E-state index contributed by atoms with van der Waals surface area (Å²) in [5.41, 5.74) is 3.15. The smallest absolute Gasteiger partial charge is 0.416 e. The van der Waals surface area contributed by atoms with Gasteiger partial charge in [-0.1, -0.05) is 6.07 Å². The highest BCUT2D eigenvalue weighted by molar-refractivity contribution is 7.98. The number of rotatable bonds is 7. The fraction of sp³-hybridized carbons (Fsp3) is 0.480. The van der Waals surface area contributed by atoms with Crippen molar-refractivity contribution in [3.63, 3.8) is 0 Å². The topological polar surface area (TPSA) is 32.8 Å². The quantitative estimate of drug-likeness (QED) is 0.484. The largest absolute Gasteiger partial charge is 0.492 e. The van der Waals surface area contributed by atoms with E-state index in [1.54, 1.807) is 16.7 Å². The SMILES string of the molecule is CSCCOc1ccc(C(C)N2CCN(C(=O)c3ccc(C(F)(F)F)cc3)CC2)c(C)c1C. The zero-order valence-electron chi connectivity index (χ0n) is 19.5. The van der Waals surface area contributed by atoms with Crippen LogP contribution in [0.25, 0.3) is 0 Å². The van der Waals surface area contributed by atoms with Crippen molar-refractivity contribution in [2.75, 3.05) is 44.8 Å². The summed E-state index contributed by atoms with van der Waals surface area (Å²) < 4.78 is 44.2. The molecule has 4 nitrogen and oxygen atoms in total. The van der Waals surface area contributed by atoms with Crippen molar-refractivity contribution in [3.8, 4) is 5.75 Å². The van der Waals surface area contributed by atoms with Crippen molar-refractivity contribution in [2.24, 2.45) is 0 Å². The summed E-state index contributed by atoms with van der Waals surface area (Å²) >= 11 is 1.76. The Bertz CT molecular complexity index is 955. The number of halogens is 3. The number of hydrogen-bond donors (Lipinski definition) is 0. The Balaban J connectivity index is 1.61. The molecule has 180 valence electrons. The lowest BCUT2D eigenvalue weighted by Gasteiger charge is -2.39. The van der Waals surface area contributed by atoms with Crippen LogP contribution in [0.4, 0.5) is 13.2 Å². The van der Waals surface area contributed by atoms with Crippen molar-refractivity contribution in [1.29, 1.82) is 0 Å². The first kappa shape index (κ1) is 25.4. The van der Waals surface area contributed by atoms with Crippen LogP contribution < -0.4 is 4.74 Å². The van der Waals surface area contributed by atoms with Gasteiger partial charge in [-0.3, -0.25) is 9.69 Å². The lowest BCUT2D eigenvalue weighted by molar-refractivity contribution is -0.137. The summed E-state index contributed by atoms with van der Waals surface area (Å²) in [6.07, 6.45) is -2.35. The predicted octanol–water partition coefficient (Wildman–Crippen LogP) is 5.58. The Hall–Kier alpha value is -2.19. The van der Waals surface area contributed by atoms with E-state index in [9.17, 15) is 18.0 Å². The molecule has 2 aromatic carbocycles. The summed E-state index contributed by atoms with van der Waals surface area (Å²) in [5, 5.41) is 0. The molecule has 1 atom stereocenters. The summed E-state index contributed by atoms with van der Waals surface area (Å²) in [6, 6.07) is 8.80. The fourth-order valence-corrected chi connectivity index (χ4v) is 4.40. The van der Waals surface area contributed by atoms with Gasteiger partial charge in [-0.2, -0.15) is 24.9 Å². The summed E-state index contributed by atoms with van der Waals surface area (Å²) in [4.78, 5) is 16.8. The molecule has 1 heterocycles. The zero-order chi connectivity index (χ0) is 24.2. The highest BCUT2D eigenvalue weighted by atomic mass is 32.2. The van der Waals surface area contributed by atoms with Crippen LogP contribution >= 0.6 is 11.8 Å². The maximum Gasteiger partial charge on any atom is 0.416 e. The molecule has 1 amide bonds. The van der Waals surface area contributed by atoms with E-state index in [-0.39, 0.29) is 17.5 Å². The van der Waals surface area contributed by atoms with Gasteiger partial charge in [0.05, 0.1) is 12.2 Å². The van der Waals surface area contributed by atoms with Crippen LogP contribution in [0.3, 0.4) is 0 Å². The zero-order valence-corrected chi connectivity index (χ0v) is 20.4. The molecule has 0 saturated carbocycles. The second kappa shape index (κ2) is 10.8. The molecule has 1 aliphatic heterocycles. The van der Waals surface area contributed by atoms with E-state index < -0.39 is 11.7 Å². The summed E-state index contributed by atoms with van der Waals surface area (Å²) in [7, 11) is 0. The number of carbonyl (C=O) groups excluding carboxylic acids is 1. The first-order chi connectivity index (χ1) is 15.6. The number of nitrogens with zero attached hydrogens (tertiary/aromatic N) is 2. The Labute approximate surface area is 198 Å². The van der Waals surface area contributed by atoms with E-state index in [2.05, 4.69) is 38.0 Å². The van der Waals surface area contributed by atoms with Gasteiger partial charge in [0.2, 0.25) is 0 Å². The maximum absolute atomic E-state index is 12.8. The van der Waals surface area contributed by atoms with Gasteiger partial charge in [-0.05, 0) is 74.0 Å². The molecule has 0 radical (unpaired) electrons. The standard InChI is InChI=1S/C25H31F3N2O2S/c1-17-18(2)23(32-15-16-33-4)10-9-22(17)19(3)29-11-13-30(14-12-29)24(31)20-5-7-21(8-6-20)25(26,27)28/h5-10,19H,11-16H2,1-4H3. The number of carbonyl (C=O) groups is 1. The van der Waals surface area contributed by atoms with Crippen LogP contribution in [-0.4, -0.2) is 60.5 Å². The molecule has 0 spiro atoms. The normalized spacial score (nSPS) is 16.0. The Morgan fingerprint density at radius 3 is 2.24 bits per heavy atom. The number of hydrogen-bond acceptors (Lipinski definition) is 4. The fourth-order valence-electron chi connectivity index (χ4n) is 4.15. The number of piperazine rings is 1. The molecule has 1 fully saturated rings. The highest BCUT2D eigenvalue weighted by Gasteiger charge is 2.31. The molecule has 33 heavy (non-hydrogen) atoms. The van der Waals surface area contributed by atoms with Gasteiger partial charge in [0.1, 0.15) is 5.75 Å². The number of benzene rings is 2. The molecule has 0 aromatic heterocycles. The van der Waals surface area contributed by atoms with E-state index in [4.69, 9.17) is 4.74 Å². The van der Waals surface area contributed by atoms with Crippen LogP contribution in [0.5, 0.6) is 5.75 Å². The lowest BCUT2D eigenvalue weighted by atomic mass is 9.96. The highest BCUT2D eigenvalue weighted by Crippen LogP contribution is 2.32. The molecule has 0 aliphatic carbocycles. The monoisotopic (exact) mass is 480 g/mol. The minimum absolute atomic E-state index is 0.187. The van der Waals surface area contributed by atoms with E-state index in [0.29, 0.717) is 32.8 Å². The molecule has 0 N–H and O–H groups in total. The number of amides is 1. The van der Waals surface area contributed by atoms with Crippen LogP contribution in [-0.2, 0) is 6.18 Å². The van der Waals surface area contributed by atoms with Gasteiger partial charge in [0, 0.05) is 43.5 Å². The van der Waals surface area contributed by atoms with Crippen molar-refractivity contribution < 1.29 is 22.7 Å². The van der Waals surface area contributed by atoms with Crippen LogP contribution in [0.2, 0.25) is 0 Å². The number of ether oxygens (including phenoxy) is 1. The first-order valence-electron chi connectivity index (χ1n) is 11.1. The van der Waals surface area contributed by atoms with Gasteiger partial charge in [-0.15, -0.1) is 0 Å². The van der Waals surface area contributed by atoms with Crippen molar-refractivity contribution in [2.45, 2.75) is 33.0 Å². The third-order valence-corrected chi connectivity index (χ3v) is 6.96. The molecule has 2 aromatic rings. The Kier molecular flexibility index (Phi) is 8.34. The number of thioether (sulfide) groups is 1. The Morgan fingerprint density at radius 2 is 1.67 bits per heavy atom. The first-order valence-corrected chi connectivity index (χ1v) is 12.4. The minimum atomic E-state index is -4.40. The van der Waals surface area contributed by atoms with Crippen LogP contribution in [0, 0.1) is 13.8 Å². The minimum Gasteiger partial charge on any atom is -0.492 e. The van der Waals surface area contributed by atoms with Crippen LogP contribution in [0.1, 0.15) is 45.6 Å².